The quantitative estimate of drug-likeness (QED) is 0.856. The van der Waals surface area contributed by atoms with E-state index >= 15 is 0 Å². The van der Waals surface area contributed by atoms with Crippen molar-refractivity contribution in [3.05, 3.63) is 47.8 Å². The molecule has 1 aromatic carbocycles. The van der Waals surface area contributed by atoms with Crippen LogP contribution in [0.25, 0.3) is 0 Å². The lowest BCUT2D eigenvalue weighted by atomic mass is 9.96. The molecular formula is C18H26ClN5O. The van der Waals surface area contributed by atoms with E-state index in [1.54, 1.807) is 6.20 Å². The zero-order chi connectivity index (χ0) is 16.9. The maximum Gasteiger partial charge on any atom is 0.273 e. The minimum Gasteiger partial charge on any atom is -0.344 e. The van der Waals surface area contributed by atoms with Crippen LogP contribution in [0.4, 0.5) is 0 Å². The van der Waals surface area contributed by atoms with Gasteiger partial charge in [-0.15, -0.1) is 17.5 Å². The number of aromatic nitrogens is 3. The number of halogens is 1. The van der Waals surface area contributed by atoms with Gasteiger partial charge in [0.2, 0.25) is 0 Å². The third-order valence-electron chi connectivity index (χ3n) is 4.54. The van der Waals surface area contributed by atoms with Crippen molar-refractivity contribution in [2.45, 2.75) is 38.8 Å². The van der Waals surface area contributed by atoms with Crippen LogP contribution in [0.15, 0.2) is 36.5 Å². The van der Waals surface area contributed by atoms with Crippen molar-refractivity contribution in [3.8, 4) is 0 Å². The summed E-state index contributed by atoms with van der Waals surface area (Å²) in [5.74, 6) is 0.119. The van der Waals surface area contributed by atoms with E-state index in [1.165, 1.54) is 0 Å². The van der Waals surface area contributed by atoms with Crippen molar-refractivity contribution in [3.63, 3.8) is 0 Å². The fourth-order valence-electron chi connectivity index (χ4n) is 3.14. The Morgan fingerprint density at radius 2 is 1.92 bits per heavy atom. The van der Waals surface area contributed by atoms with E-state index in [2.05, 4.69) is 34.8 Å². The van der Waals surface area contributed by atoms with Crippen LogP contribution in [-0.4, -0.2) is 34.0 Å². The van der Waals surface area contributed by atoms with E-state index in [-0.39, 0.29) is 30.3 Å². The first-order valence-electron chi connectivity index (χ1n) is 8.63. The maximum atomic E-state index is 12.6. The van der Waals surface area contributed by atoms with Crippen LogP contribution < -0.4 is 10.6 Å². The van der Waals surface area contributed by atoms with Crippen LogP contribution in [0.1, 0.15) is 54.8 Å². The predicted molar refractivity (Wildman–Crippen MR) is 99.9 cm³/mol. The Hall–Kier alpha value is -1.92. The van der Waals surface area contributed by atoms with E-state index in [4.69, 9.17) is 0 Å². The summed E-state index contributed by atoms with van der Waals surface area (Å²) in [4.78, 5) is 12.6. The van der Waals surface area contributed by atoms with Crippen molar-refractivity contribution in [2.24, 2.45) is 5.92 Å². The molecule has 1 aliphatic heterocycles. The van der Waals surface area contributed by atoms with E-state index in [9.17, 15) is 4.79 Å². The molecule has 7 heteroatoms. The summed E-state index contributed by atoms with van der Waals surface area (Å²) in [6.45, 7) is 6.17. The van der Waals surface area contributed by atoms with Crippen molar-refractivity contribution in [2.75, 3.05) is 13.1 Å². The summed E-state index contributed by atoms with van der Waals surface area (Å²) in [5, 5.41) is 14.7. The Morgan fingerprint density at radius 1 is 1.24 bits per heavy atom. The molecule has 1 aliphatic rings. The number of hydrogen-bond donors (Lipinski definition) is 2. The lowest BCUT2D eigenvalue weighted by molar-refractivity contribution is 0.0920. The number of hydrogen-bond acceptors (Lipinski definition) is 4. The normalized spacial score (nSPS) is 16.3. The first-order chi connectivity index (χ1) is 11.6. The molecule has 0 spiro atoms. The molecule has 1 atom stereocenters. The Bertz CT molecular complexity index is 667. The third kappa shape index (κ3) is 4.80. The molecule has 2 aromatic rings. The molecule has 25 heavy (non-hydrogen) atoms. The molecule has 136 valence electrons. The lowest BCUT2D eigenvalue weighted by Crippen LogP contribution is -2.32. The summed E-state index contributed by atoms with van der Waals surface area (Å²) >= 11 is 0. The van der Waals surface area contributed by atoms with E-state index in [0.29, 0.717) is 11.7 Å². The van der Waals surface area contributed by atoms with Crippen molar-refractivity contribution in [1.29, 1.82) is 0 Å². The molecule has 1 unspecified atom stereocenters. The molecule has 1 saturated heterocycles. The molecule has 0 saturated carbocycles. The number of benzene rings is 1. The molecule has 2 N–H and O–H groups in total. The zero-order valence-corrected chi connectivity index (χ0v) is 15.5. The van der Waals surface area contributed by atoms with Gasteiger partial charge < -0.3 is 10.6 Å². The number of carbonyl (C=O) groups excluding carboxylic acids is 1. The maximum absolute atomic E-state index is 12.6. The first-order valence-corrected chi connectivity index (χ1v) is 8.63. The number of nitrogens with zero attached hydrogens (tertiary/aromatic N) is 3. The molecule has 2 heterocycles. The second-order valence-corrected chi connectivity index (χ2v) is 6.67. The van der Waals surface area contributed by atoms with Crippen LogP contribution in [0.2, 0.25) is 0 Å². The lowest BCUT2D eigenvalue weighted by Gasteiger charge is -2.22. The first kappa shape index (κ1) is 19.4. The monoisotopic (exact) mass is 363 g/mol. The van der Waals surface area contributed by atoms with Crippen molar-refractivity contribution in [1.82, 2.24) is 25.6 Å². The fourth-order valence-corrected chi connectivity index (χ4v) is 3.14. The van der Waals surface area contributed by atoms with Gasteiger partial charge in [-0.3, -0.25) is 4.79 Å². The Morgan fingerprint density at radius 3 is 2.56 bits per heavy atom. The van der Waals surface area contributed by atoms with Gasteiger partial charge in [-0.1, -0.05) is 49.4 Å². The van der Waals surface area contributed by atoms with Crippen LogP contribution >= 0.6 is 12.4 Å². The van der Waals surface area contributed by atoms with Gasteiger partial charge in [-0.05, 0) is 37.4 Å². The third-order valence-corrected chi connectivity index (χ3v) is 4.54. The number of amides is 1. The highest BCUT2D eigenvalue weighted by Gasteiger charge is 2.22. The molecular weight excluding hydrogens is 338 g/mol. The van der Waals surface area contributed by atoms with Gasteiger partial charge in [0.15, 0.2) is 5.69 Å². The van der Waals surface area contributed by atoms with Gasteiger partial charge in [-0.2, -0.15) is 0 Å². The minimum atomic E-state index is -0.169. The Balaban J connectivity index is 0.00000225. The summed E-state index contributed by atoms with van der Waals surface area (Å²) < 4.78 is 1.84. The molecule has 1 aromatic heterocycles. The van der Waals surface area contributed by atoms with Gasteiger partial charge >= 0.3 is 0 Å². The summed E-state index contributed by atoms with van der Waals surface area (Å²) in [6, 6.07) is 10.3. The largest absolute Gasteiger partial charge is 0.344 e. The number of nitrogens with one attached hydrogen (secondary N) is 2. The van der Waals surface area contributed by atoms with Gasteiger partial charge in [0.1, 0.15) is 0 Å². The molecule has 6 nitrogen and oxygen atoms in total. The average molecular weight is 364 g/mol. The van der Waals surface area contributed by atoms with Gasteiger partial charge in [0, 0.05) is 0 Å². The number of carbonyl (C=O) groups is 1. The smallest absolute Gasteiger partial charge is 0.273 e. The number of rotatable bonds is 5. The summed E-state index contributed by atoms with van der Waals surface area (Å²) in [5.41, 5.74) is 1.49. The molecule has 1 amide bonds. The van der Waals surface area contributed by atoms with Crippen LogP contribution in [0.5, 0.6) is 0 Å². The fraction of sp³-hybridized carbons (Fsp3) is 0.500. The molecule has 3 rings (SSSR count). The average Bonchev–Trinajstić information content (AvgIpc) is 3.11. The number of piperidine rings is 1. The second kappa shape index (κ2) is 8.97. The standard InChI is InChI=1S/C18H25N5O.ClH/c1-13(2)17(14-6-4-3-5-7-14)20-18(24)16-12-23(22-21-16)15-8-10-19-11-9-15;/h3-7,12-13,15,17,19H,8-11H2,1-2H3,(H,20,24);1H. The summed E-state index contributed by atoms with van der Waals surface area (Å²) in [6.07, 6.45) is 3.81. The van der Waals surface area contributed by atoms with Crippen LogP contribution in [0.3, 0.4) is 0 Å². The van der Waals surface area contributed by atoms with Crippen molar-refractivity contribution >= 4 is 18.3 Å². The van der Waals surface area contributed by atoms with Gasteiger partial charge in [0.25, 0.3) is 5.91 Å². The van der Waals surface area contributed by atoms with Gasteiger partial charge in [-0.25, -0.2) is 4.68 Å². The van der Waals surface area contributed by atoms with Crippen LogP contribution in [0, 0.1) is 5.92 Å². The van der Waals surface area contributed by atoms with E-state index in [0.717, 1.165) is 31.5 Å². The highest BCUT2D eigenvalue weighted by molar-refractivity contribution is 5.92. The Labute approximate surface area is 154 Å². The molecule has 0 bridgehead atoms. The topological polar surface area (TPSA) is 71.8 Å². The van der Waals surface area contributed by atoms with Gasteiger partial charge in [0.05, 0.1) is 18.3 Å². The van der Waals surface area contributed by atoms with E-state index in [1.807, 2.05) is 35.0 Å². The zero-order valence-electron chi connectivity index (χ0n) is 14.7. The SMILES string of the molecule is CC(C)C(NC(=O)c1cn(C2CCNCC2)nn1)c1ccccc1.Cl. The molecule has 0 radical (unpaired) electrons. The molecule has 0 aliphatic carbocycles. The summed E-state index contributed by atoms with van der Waals surface area (Å²) in [7, 11) is 0. The highest BCUT2D eigenvalue weighted by Crippen LogP contribution is 2.22. The highest BCUT2D eigenvalue weighted by atomic mass is 35.5. The predicted octanol–water partition coefficient (Wildman–Crippen LogP) is 2.75. The minimum absolute atomic E-state index is 0. The van der Waals surface area contributed by atoms with E-state index < -0.39 is 0 Å². The molecule has 1 fully saturated rings. The second-order valence-electron chi connectivity index (χ2n) is 6.67. The van der Waals surface area contributed by atoms with Crippen LogP contribution in [-0.2, 0) is 0 Å². The Kier molecular flexibility index (Phi) is 6.96. The van der Waals surface area contributed by atoms with Crippen molar-refractivity contribution < 1.29 is 4.79 Å².